The molecule has 1 saturated heterocycles. The van der Waals surface area contributed by atoms with E-state index in [1.807, 2.05) is 0 Å². The van der Waals surface area contributed by atoms with Crippen LogP contribution >= 0.6 is 11.6 Å². The molecule has 2 rings (SSSR count). The lowest BCUT2D eigenvalue weighted by atomic mass is 10.00. The van der Waals surface area contributed by atoms with E-state index in [0.717, 1.165) is 0 Å². The first-order valence-electron chi connectivity index (χ1n) is 6.22. The first-order valence-corrected chi connectivity index (χ1v) is 6.60. The second kappa shape index (κ2) is 6.11. The molecule has 0 aromatic heterocycles. The molecule has 1 aliphatic heterocycles. The van der Waals surface area contributed by atoms with Crippen molar-refractivity contribution >= 4 is 23.2 Å². The number of methoxy groups -OCH3 is 1. The van der Waals surface area contributed by atoms with Crippen LogP contribution in [-0.2, 0) is 4.79 Å². The van der Waals surface area contributed by atoms with Gasteiger partial charge >= 0.3 is 6.18 Å². The molecule has 0 bridgehead atoms. The van der Waals surface area contributed by atoms with E-state index in [1.54, 1.807) is 12.1 Å². The predicted octanol–water partition coefficient (Wildman–Crippen LogP) is 2.78. The summed E-state index contributed by atoms with van der Waals surface area (Å²) < 4.78 is 42.1. The van der Waals surface area contributed by atoms with Gasteiger partial charge in [0, 0.05) is 18.1 Å². The average molecular weight is 323 g/mol. The molecule has 0 saturated carbocycles. The number of hydrogen-bond donors (Lipinski definition) is 1. The molecule has 0 aliphatic carbocycles. The summed E-state index contributed by atoms with van der Waals surface area (Å²) in [5, 5.41) is 3.01. The number of carbonyl (C=O) groups excluding carboxylic acids is 1. The Morgan fingerprint density at radius 1 is 1.48 bits per heavy atom. The number of anilines is 1. The normalized spacial score (nSPS) is 16.4. The van der Waals surface area contributed by atoms with Crippen molar-refractivity contribution in [3.05, 3.63) is 23.2 Å². The molecular weight excluding hydrogens is 309 g/mol. The lowest BCUT2D eigenvalue weighted by molar-refractivity contribution is -0.208. The fourth-order valence-electron chi connectivity index (χ4n) is 2.08. The Labute approximate surface area is 124 Å². The van der Waals surface area contributed by atoms with E-state index in [9.17, 15) is 18.0 Å². The molecule has 0 unspecified atom stereocenters. The van der Waals surface area contributed by atoms with Crippen molar-refractivity contribution in [3.63, 3.8) is 0 Å². The van der Waals surface area contributed by atoms with Gasteiger partial charge in [-0.1, -0.05) is 11.6 Å². The smallest absolute Gasteiger partial charge is 0.394 e. The molecule has 1 heterocycles. The fraction of sp³-hybridized carbons (Fsp3) is 0.462. The van der Waals surface area contributed by atoms with Gasteiger partial charge in [-0.25, -0.2) is 0 Å². The van der Waals surface area contributed by atoms with Crippen LogP contribution in [0.15, 0.2) is 18.2 Å². The van der Waals surface area contributed by atoms with Gasteiger partial charge in [-0.05, 0) is 18.2 Å². The molecular formula is C13H14ClF3N2O2. The molecule has 4 nitrogen and oxygen atoms in total. The number of nitrogens with one attached hydrogen (secondary N) is 1. The summed E-state index contributed by atoms with van der Waals surface area (Å²) in [7, 11) is 1.45. The summed E-state index contributed by atoms with van der Waals surface area (Å²) in [5.41, 5.74) is 0.392. The number of rotatable bonds is 4. The summed E-state index contributed by atoms with van der Waals surface area (Å²) >= 11 is 5.83. The third-order valence-electron chi connectivity index (χ3n) is 3.22. The lowest BCUT2D eigenvalue weighted by Gasteiger charge is -2.39. The number of carbonyl (C=O) groups is 1. The first kappa shape index (κ1) is 15.9. The van der Waals surface area contributed by atoms with Crippen LogP contribution in [0.3, 0.4) is 0 Å². The zero-order valence-electron chi connectivity index (χ0n) is 11.2. The number of ether oxygens (including phenoxy) is 1. The van der Waals surface area contributed by atoms with Crippen LogP contribution in [0.1, 0.15) is 0 Å². The highest BCUT2D eigenvalue weighted by Crippen LogP contribution is 2.33. The second-order valence-corrected chi connectivity index (χ2v) is 5.26. The molecule has 0 spiro atoms. The number of nitrogens with zero attached hydrogens (tertiary/aromatic N) is 1. The van der Waals surface area contributed by atoms with Crippen LogP contribution in [-0.4, -0.2) is 43.7 Å². The number of benzene rings is 1. The fourth-order valence-corrected chi connectivity index (χ4v) is 2.25. The molecule has 1 aliphatic rings. The quantitative estimate of drug-likeness (QED) is 0.927. The monoisotopic (exact) mass is 322 g/mol. The van der Waals surface area contributed by atoms with E-state index in [2.05, 4.69) is 5.32 Å². The maximum absolute atomic E-state index is 12.3. The number of alkyl halides is 3. The van der Waals surface area contributed by atoms with Crippen LogP contribution in [0.4, 0.5) is 18.9 Å². The van der Waals surface area contributed by atoms with Crippen molar-refractivity contribution < 1.29 is 22.7 Å². The summed E-state index contributed by atoms with van der Waals surface area (Å²) in [5.74, 6) is -1.31. The SMILES string of the molecule is COc1ccc(Cl)cc1NC(=O)CN1CC(C(F)(F)F)C1. The van der Waals surface area contributed by atoms with E-state index in [-0.39, 0.29) is 19.6 Å². The van der Waals surface area contributed by atoms with Crippen molar-refractivity contribution in [3.8, 4) is 5.75 Å². The minimum atomic E-state index is -4.19. The first-order chi connectivity index (χ1) is 9.79. The van der Waals surface area contributed by atoms with Gasteiger partial charge in [0.1, 0.15) is 5.75 Å². The molecule has 1 aromatic carbocycles. The van der Waals surface area contributed by atoms with Gasteiger partial charge < -0.3 is 10.1 Å². The van der Waals surface area contributed by atoms with Gasteiger partial charge in [0.05, 0.1) is 25.3 Å². The van der Waals surface area contributed by atoms with Crippen LogP contribution < -0.4 is 10.1 Å². The minimum Gasteiger partial charge on any atom is -0.495 e. The highest BCUT2D eigenvalue weighted by molar-refractivity contribution is 6.31. The topological polar surface area (TPSA) is 41.6 Å². The number of amides is 1. The van der Waals surface area contributed by atoms with Crippen LogP contribution in [0.2, 0.25) is 5.02 Å². The second-order valence-electron chi connectivity index (χ2n) is 4.83. The Kier molecular flexibility index (Phi) is 4.63. The summed E-state index contributed by atoms with van der Waals surface area (Å²) in [6.07, 6.45) is -4.19. The minimum absolute atomic E-state index is 0.0950. The van der Waals surface area contributed by atoms with Gasteiger partial charge in [-0.3, -0.25) is 9.69 Å². The molecule has 1 fully saturated rings. The molecule has 0 radical (unpaired) electrons. The van der Waals surface area contributed by atoms with Gasteiger partial charge in [-0.15, -0.1) is 0 Å². The molecule has 1 aromatic rings. The average Bonchev–Trinajstić information content (AvgIpc) is 2.32. The van der Waals surface area contributed by atoms with E-state index in [1.165, 1.54) is 18.1 Å². The van der Waals surface area contributed by atoms with Crippen molar-refractivity contribution in [2.75, 3.05) is 32.1 Å². The third kappa shape index (κ3) is 4.01. The van der Waals surface area contributed by atoms with Crippen molar-refractivity contribution in [1.82, 2.24) is 4.90 Å². The van der Waals surface area contributed by atoms with E-state index in [0.29, 0.717) is 16.5 Å². The van der Waals surface area contributed by atoms with Gasteiger partial charge in [-0.2, -0.15) is 13.2 Å². The Bertz CT molecular complexity index is 531. The van der Waals surface area contributed by atoms with Gasteiger partial charge in [0.25, 0.3) is 0 Å². The highest BCUT2D eigenvalue weighted by atomic mass is 35.5. The molecule has 0 atom stereocenters. The van der Waals surface area contributed by atoms with Crippen molar-refractivity contribution in [2.24, 2.45) is 5.92 Å². The maximum atomic E-state index is 12.3. The van der Waals surface area contributed by atoms with Gasteiger partial charge in [0.15, 0.2) is 0 Å². The van der Waals surface area contributed by atoms with Crippen LogP contribution in [0.5, 0.6) is 5.75 Å². The zero-order chi connectivity index (χ0) is 15.6. The number of hydrogen-bond acceptors (Lipinski definition) is 3. The highest BCUT2D eigenvalue weighted by Gasteiger charge is 2.47. The maximum Gasteiger partial charge on any atom is 0.394 e. The lowest BCUT2D eigenvalue weighted by Crippen LogP contribution is -2.55. The molecule has 1 N–H and O–H groups in total. The molecule has 1 amide bonds. The van der Waals surface area contributed by atoms with Crippen LogP contribution in [0.25, 0.3) is 0 Å². The molecule has 8 heteroatoms. The Morgan fingerprint density at radius 3 is 2.71 bits per heavy atom. The number of halogens is 4. The Hall–Kier alpha value is -1.47. The molecule has 116 valence electrons. The standard InChI is InChI=1S/C13H14ClF3N2O2/c1-21-11-3-2-9(14)4-10(11)18-12(20)7-19-5-8(6-19)13(15,16)17/h2-4,8H,5-7H2,1H3,(H,18,20). The Balaban J connectivity index is 1.88. The van der Waals surface area contributed by atoms with E-state index in [4.69, 9.17) is 16.3 Å². The summed E-state index contributed by atoms with van der Waals surface area (Å²) in [4.78, 5) is 13.3. The number of likely N-dealkylation sites (tertiary alicyclic amines) is 1. The Morgan fingerprint density at radius 2 is 2.14 bits per heavy atom. The third-order valence-corrected chi connectivity index (χ3v) is 3.46. The van der Waals surface area contributed by atoms with Crippen molar-refractivity contribution in [1.29, 1.82) is 0 Å². The van der Waals surface area contributed by atoms with E-state index < -0.39 is 18.0 Å². The van der Waals surface area contributed by atoms with Crippen molar-refractivity contribution in [2.45, 2.75) is 6.18 Å². The summed E-state index contributed by atoms with van der Waals surface area (Å²) in [6.45, 7) is -0.393. The van der Waals surface area contributed by atoms with Crippen LogP contribution in [0, 0.1) is 5.92 Å². The zero-order valence-corrected chi connectivity index (χ0v) is 12.0. The summed E-state index contributed by atoms with van der Waals surface area (Å²) in [6, 6.07) is 4.73. The van der Waals surface area contributed by atoms with E-state index >= 15 is 0 Å². The van der Waals surface area contributed by atoms with Gasteiger partial charge in [0.2, 0.25) is 5.91 Å². The largest absolute Gasteiger partial charge is 0.495 e. The predicted molar refractivity (Wildman–Crippen MR) is 72.6 cm³/mol. The molecule has 21 heavy (non-hydrogen) atoms.